The highest BCUT2D eigenvalue weighted by Gasteiger charge is 2.35. The number of hydrogen-bond donors (Lipinski definition) is 1. The van der Waals surface area contributed by atoms with Gasteiger partial charge in [-0.2, -0.15) is 4.31 Å². The van der Waals surface area contributed by atoms with Crippen LogP contribution in [0, 0.1) is 12.7 Å². The van der Waals surface area contributed by atoms with Crippen LogP contribution in [0.25, 0.3) is 0 Å². The third-order valence-electron chi connectivity index (χ3n) is 3.27. The topological polar surface area (TPSA) is 63.4 Å². The van der Waals surface area contributed by atoms with Crippen molar-refractivity contribution in [2.45, 2.75) is 30.7 Å². The monoisotopic (exact) mass is 272 g/mol. The van der Waals surface area contributed by atoms with E-state index >= 15 is 0 Å². The van der Waals surface area contributed by atoms with Gasteiger partial charge in [0.25, 0.3) is 0 Å². The SMILES string of the molecule is Cc1ccc(F)c(S(=O)(=O)N2CCC[C@H]2CN)c1. The van der Waals surface area contributed by atoms with Crippen molar-refractivity contribution in [2.75, 3.05) is 13.1 Å². The zero-order chi connectivity index (χ0) is 13.3. The van der Waals surface area contributed by atoms with Crippen molar-refractivity contribution in [1.29, 1.82) is 0 Å². The number of rotatable bonds is 3. The van der Waals surface area contributed by atoms with Gasteiger partial charge >= 0.3 is 0 Å². The molecule has 0 aliphatic carbocycles. The lowest BCUT2D eigenvalue weighted by atomic mass is 10.2. The first-order chi connectivity index (χ1) is 8.46. The summed E-state index contributed by atoms with van der Waals surface area (Å²) in [5, 5.41) is 0. The Hall–Kier alpha value is -0.980. The molecular formula is C12H17FN2O2S. The molecule has 1 aromatic rings. The predicted molar refractivity (Wildman–Crippen MR) is 67.1 cm³/mol. The van der Waals surface area contributed by atoms with Crippen molar-refractivity contribution >= 4 is 10.0 Å². The van der Waals surface area contributed by atoms with Gasteiger partial charge in [-0.3, -0.25) is 0 Å². The number of sulfonamides is 1. The number of hydrogen-bond acceptors (Lipinski definition) is 3. The van der Waals surface area contributed by atoms with Crippen molar-refractivity contribution in [3.05, 3.63) is 29.6 Å². The Morgan fingerprint density at radius 2 is 2.22 bits per heavy atom. The Balaban J connectivity index is 2.45. The summed E-state index contributed by atoms with van der Waals surface area (Å²) >= 11 is 0. The molecule has 1 heterocycles. The van der Waals surface area contributed by atoms with E-state index in [0.717, 1.165) is 18.4 Å². The molecule has 1 aliphatic rings. The third kappa shape index (κ3) is 2.28. The van der Waals surface area contributed by atoms with E-state index in [-0.39, 0.29) is 17.5 Å². The van der Waals surface area contributed by atoms with Crippen LogP contribution < -0.4 is 5.73 Å². The van der Waals surface area contributed by atoms with E-state index in [1.165, 1.54) is 16.4 Å². The molecule has 0 amide bonds. The van der Waals surface area contributed by atoms with Crippen LogP contribution in [0.3, 0.4) is 0 Å². The molecule has 0 spiro atoms. The highest BCUT2D eigenvalue weighted by Crippen LogP contribution is 2.27. The number of nitrogens with zero attached hydrogens (tertiary/aromatic N) is 1. The van der Waals surface area contributed by atoms with Gasteiger partial charge < -0.3 is 5.73 Å². The van der Waals surface area contributed by atoms with Crippen molar-refractivity contribution in [3.8, 4) is 0 Å². The second-order valence-corrected chi connectivity index (χ2v) is 6.44. The smallest absolute Gasteiger partial charge is 0.246 e. The average molecular weight is 272 g/mol. The molecule has 4 nitrogen and oxygen atoms in total. The lowest BCUT2D eigenvalue weighted by Crippen LogP contribution is -2.40. The van der Waals surface area contributed by atoms with E-state index in [9.17, 15) is 12.8 Å². The predicted octanol–water partition coefficient (Wildman–Crippen LogP) is 1.25. The lowest BCUT2D eigenvalue weighted by Gasteiger charge is -2.23. The summed E-state index contributed by atoms with van der Waals surface area (Å²) in [7, 11) is -3.77. The second kappa shape index (κ2) is 4.95. The van der Waals surface area contributed by atoms with Gasteiger partial charge in [0.2, 0.25) is 10.0 Å². The lowest BCUT2D eigenvalue weighted by molar-refractivity contribution is 0.390. The van der Waals surface area contributed by atoms with E-state index in [2.05, 4.69) is 0 Å². The summed E-state index contributed by atoms with van der Waals surface area (Å²) in [6.45, 7) is 2.42. The highest BCUT2D eigenvalue weighted by atomic mass is 32.2. The molecule has 6 heteroatoms. The summed E-state index contributed by atoms with van der Waals surface area (Å²) in [4.78, 5) is -0.247. The van der Waals surface area contributed by atoms with Crippen molar-refractivity contribution in [2.24, 2.45) is 5.73 Å². The fourth-order valence-corrected chi connectivity index (χ4v) is 4.15. The summed E-state index contributed by atoms with van der Waals surface area (Å²) in [5.74, 6) is -0.705. The maximum Gasteiger partial charge on any atom is 0.246 e. The molecule has 1 aromatic carbocycles. The Morgan fingerprint density at radius 3 is 2.89 bits per heavy atom. The van der Waals surface area contributed by atoms with Gasteiger partial charge in [0.1, 0.15) is 10.7 Å². The van der Waals surface area contributed by atoms with Crippen molar-refractivity contribution in [3.63, 3.8) is 0 Å². The van der Waals surface area contributed by atoms with Crippen molar-refractivity contribution in [1.82, 2.24) is 4.31 Å². The summed E-state index contributed by atoms with van der Waals surface area (Å²) < 4.78 is 39.9. The van der Waals surface area contributed by atoms with Gasteiger partial charge in [-0.05, 0) is 37.5 Å². The number of nitrogens with two attached hydrogens (primary N) is 1. The molecule has 0 unspecified atom stereocenters. The second-order valence-electron chi connectivity index (χ2n) is 4.58. The molecule has 1 saturated heterocycles. The zero-order valence-corrected chi connectivity index (χ0v) is 11.1. The van der Waals surface area contributed by atoms with E-state index < -0.39 is 15.8 Å². The molecule has 1 atom stereocenters. The first-order valence-corrected chi connectivity index (χ1v) is 7.39. The molecule has 1 fully saturated rings. The quantitative estimate of drug-likeness (QED) is 0.900. The fourth-order valence-electron chi connectivity index (χ4n) is 2.30. The van der Waals surface area contributed by atoms with Gasteiger partial charge in [-0.15, -0.1) is 0 Å². The van der Waals surface area contributed by atoms with Gasteiger partial charge in [0.15, 0.2) is 0 Å². The van der Waals surface area contributed by atoms with Gasteiger partial charge in [-0.25, -0.2) is 12.8 Å². The molecule has 0 aromatic heterocycles. The van der Waals surface area contributed by atoms with Crippen LogP contribution in [0.2, 0.25) is 0 Å². The molecule has 1 aliphatic heterocycles. The number of halogens is 1. The first kappa shape index (κ1) is 13.5. The summed E-state index contributed by atoms with van der Waals surface area (Å²) in [5.41, 5.74) is 6.29. The first-order valence-electron chi connectivity index (χ1n) is 5.95. The van der Waals surface area contributed by atoms with E-state index in [0.29, 0.717) is 6.54 Å². The Bertz CT molecular complexity index is 545. The molecule has 0 radical (unpaired) electrons. The van der Waals surface area contributed by atoms with Gasteiger partial charge in [-0.1, -0.05) is 6.07 Å². The maximum absolute atomic E-state index is 13.7. The minimum absolute atomic E-state index is 0.213. The van der Waals surface area contributed by atoms with E-state index in [1.54, 1.807) is 13.0 Å². The van der Waals surface area contributed by atoms with Crippen LogP contribution in [0.4, 0.5) is 4.39 Å². The Kier molecular flexibility index (Phi) is 3.70. The molecule has 0 saturated carbocycles. The van der Waals surface area contributed by atoms with E-state index in [4.69, 9.17) is 5.73 Å². The molecule has 100 valence electrons. The Labute approximate surface area is 107 Å². The standard InChI is InChI=1S/C12H17FN2O2S/c1-9-4-5-11(13)12(7-9)18(16,17)15-6-2-3-10(15)8-14/h4-5,7,10H,2-3,6,8,14H2,1H3/t10-/m0/s1. The number of benzene rings is 1. The average Bonchev–Trinajstić information content (AvgIpc) is 2.81. The van der Waals surface area contributed by atoms with Crippen LogP contribution in [-0.4, -0.2) is 31.9 Å². The van der Waals surface area contributed by atoms with Crippen LogP contribution >= 0.6 is 0 Å². The number of aryl methyl sites for hydroxylation is 1. The van der Waals surface area contributed by atoms with Gasteiger partial charge in [0, 0.05) is 19.1 Å². The molecule has 2 rings (SSSR count). The van der Waals surface area contributed by atoms with Crippen LogP contribution in [-0.2, 0) is 10.0 Å². The highest BCUT2D eigenvalue weighted by molar-refractivity contribution is 7.89. The van der Waals surface area contributed by atoms with Crippen LogP contribution in [0.5, 0.6) is 0 Å². The molecule has 2 N–H and O–H groups in total. The Morgan fingerprint density at radius 1 is 1.50 bits per heavy atom. The summed E-state index contributed by atoms with van der Waals surface area (Å²) in [6.07, 6.45) is 1.51. The maximum atomic E-state index is 13.7. The van der Waals surface area contributed by atoms with Crippen molar-refractivity contribution < 1.29 is 12.8 Å². The minimum Gasteiger partial charge on any atom is -0.329 e. The summed E-state index contributed by atoms with van der Waals surface area (Å²) in [6, 6.07) is 3.90. The molecule has 18 heavy (non-hydrogen) atoms. The fraction of sp³-hybridized carbons (Fsp3) is 0.500. The largest absolute Gasteiger partial charge is 0.329 e. The van der Waals surface area contributed by atoms with Crippen LogP contribution in [0.1, 0.15) is 18.4 Å². The van der Waals surface area contributed by atoms with E-state index in [1.807, 2.05) is 0 Å². The molecule has 0 bridgehead atoms. The van der Waals surface area contributed by atoms with Gasteiger partial charge in [0.05, 0.1) is 0 Å². The molecular weight excluding hydrogens is 255 g/mol. The minimum atomic E-state index is -3.77. The normalized spacial score (nSPS) is 21.4. The third-order valence-corrected chi connectivity index (χ3v) is 5.24. The van der Waals surface area contributed by atoms with Crippen LogP contribution in [0.15, 0.2) is 23.1 Å². The zero-order valence-electron chi connectivity index (χ0n) is 10.3.